The van der Waals surface area contributed by atoms with Crippen LogP contribution in [0.2, 0.25) is 0 Å². The molecule has 0 radical (unpaired) electrons. The van der Waals surface area contributed by atoms with E-state index in [2.05, 4.69) is 121 Å². The summed E-state index contributed by atoms with van der Waals surface area (Å²) in [6, 6.07) is 10.5. The molecule has 0 aliphatic heterocycles. The Hall–Kier alpha value is -2.69. The molecule has 1 unspecified atom stereocenters. The van der Waals surface area contributed by atoms with Crippen LogP contribution in [-0.4, -0.2) is 51.8 Å². The average molecular weight is 578 g/mol. The normalized spacial score (nSPS) is 13.7. The summed E-state index contributed by atoms with van der Waals surface area (Å²) in [4.78, 5) is 35.8. The van der Waals surface area contributed by atoms with Gasteiger partial charge in [0, 0.05) is 41.8 Å². The Morgan fingerprint density at radius 2 is 1.29 bits per heavy atom. The van der Waals surface area contributed by atoms with Gasteiger partial charge in [0.2, 0.25) is 0 Å². The lowest BCUT2D eigenvalue weighted by atomic mass is 9.81. The quantitative estimate of drug-likeness (QED) is 0.314. The summed E-state index contributed by atoms with van der Waals surface area (Å²) in [6.45, 7) is 29.9. The van der Waals surface area contributed by atoms with Crippen LogP contribution in [0.1, 0.15) is 165 Å². The van der Waals surface area contributed by atoms with Gasteiger partial charge in [0.05, 0.1) is 0 Å². The fourth-order valence-corrected chi connectivity index (χ4v) is 4.72. The maximum Gasteiger partial charge on any atom is 0.272 e. The van der Waals surface area contributed by atoms with E-state index in [1.807, 2.05) is 30.0 Å². The minimum Gasteiger partial charge on any atom is -0.337 e. The number of aromatic nitrogens is 1. The molecule has 5 heteroatoms. The largest absolute Gasteiger partial charge is 0.337 e. The third-order valence-electron chi connectivity index (χ3n) is 8.85. The fourth-order valence-electron chi connectivity index (χ4n) is 4.72. The predicted molar refractivity (Wildman–Crippen MR) is 178 cm³/mol. The highest BCUT2D eigenvalue weighted by Crippen LogP contribution is 2.33. The third-order valence-corrected chi connectivity index (χ3v) is 8.85. The SMILES string of the molecule is CC(C)c1cc(C(=O)N(C)C(C)(C)CCC(C)c2cc(C(=O)N(C)C(C)(C)C)cc(C(C)(C)C)c2)nc(C(C)(C)C)c1. The second kappa shape index (κ2) is 12.5. The lowest BCUT2D eigenvalue weighted by Gasteiger charge is -2.37. The first kappa shape index (κ1) is 35.5. The van der Waals surface area contributed by atoms with E-state index in [-0.39, 0.29) is 39.6 Å². The standard InChI is InChI=1S/C37H59N3O2/c1-24(2)26-22-30(38-31(23-26)35(7,8)9)33(42)40(16)37(13,14)18-17-25(3)27-19-28(21-29(20-27)34(4,5)6)32(41)39(15)36(10,11)12/h19-25H,17-18H2,1-16H3. The Kier molecular flexibility index (Phi) is 10.6. The van der Waals surface area contributed by atoms with E-state index < -0.39 is 0 Å². The summed E-state index contributed by atoms with van der Waals surface area (Å²) in [5.74, 6) is 0.520. The van der Waals surface area contributed by atoms with E-state index in [4.69, 9.17) is 4.98 Å². The van der Waals surface area contributed by atoms with Gasteiger partial charge in [0.15, 0.2) is 0 Å². The summed E-state index contributed by atoms with van der Waals surface area (Å²) in [5.41, 5.74) is 4.78. The third kappa shape index (κ3) is 8.67. The first-order chi connectivity index (χ1) is 18.9. The van der Waals surface area contributed by atoms with Crippen molar-refractivity contribution in [3.63, 3.8) is 0 Å². The zero-order valence-electron chi connectivity index (χ0n) is 29.6. The van der Waals surface area contributed by atoms with Gasteiger partial charge < -0.3 is 9.80 Å². The highest BCUT2D eigenvalue weighted by molar-refractivity contribution is 5.95. The van der Waals surface area contributed by atoms with Gasteiger partial charge in [-0.15, -0.1) is 0 Å². The molecule has 2 amide bonds. The minimum absolute atomic E-state index is 0.0402. The van der Waals surface area contributed by atoms with Crippen molar-refractivity contribution in [3.8, 4) is 0 Å². The number of benzene rings is 1. The molecule has 1 aromatic heterocycles. The lowest BCUT2D eigenvalue weighted by molar-refractivity contribution is 0.0596. The van der Waals surface area contributed by atoms with Gasteiger partial charge in [-0.2, -0.15) is 0 Å². The summed E-state index contributed by atoms with van der Waals surface area (Å²) < 4.78 is 0. The molecular formula is C37H59N3O2. The maximum atomic E-state index is 13.8. The van der Waals surface area contributed by atoms with E-state index in [0.29, 0.717) is 11.6 Å². The Labute approximate surface area is 257 Å². The van der Waals surface area contributed by atoms with E-state index in [1.54, 1.807) is 0 Å². The summed E-state index contributed by atoms with van der Waals surface area (Å²) >= 11 is 0. The summed E-state index contributed by atoms with van der Waals surface area (Å²) in [7, 11) is 3.77. The van der Waals surface area contributed by atoms with E-state index in [1.165, 1.54) is 5.56 Å². The van der Waals surface area contributed by atoms with E-state index in [0.717, 1.165) is 35.2 Å². The molecule has 42 heavy (non-hydrogen) atoms. The topological polar surface area (TPSA) is 53.5 Å². The van der Waals surface area contributed by atoms with Crippen molar-refractivity contribution in [1.82, 2.24) is 14.8 Å². The highest BCUT2D eigenvalue weighted by Gasteiger charge is 2.32. The Bertz CT molecular complexity index is 1270. The fraction of sp³-hybridized carbons (Fsp3) is 0.649. The van der Waals surface area contributed by atoms with Gasteiger partial charge in [-0.25, -0.2) is 4.98 Å². The van der Waals surface area contributed by atoms with Crippen LogP contribution in [0.3, 0.4) is 0 Å². The molecular weight excluding hydrogens is 518 g/mol. The molecule has 1 aromatic carbocycles. The molecule has 0 aliphatic rings. The summed E-state index contributed by atoms with van der Waals surface area (Å²) in [6.07, 6.45) is 1.70. The van der Waals surface area contributed by atoms with Gasteiger partial charge in [-0.3, -0.25) is 9.59 Å². The number of amides is 2. The first-order valence-corrected chi connectivity index (χ1v) is 15.6. The van der Waals surface area contributed by atoms with Crippen molar-refractivity contribution in [2.45, 2.75) is 144 Å². The first-order valence-electron chi connectivity index (χ1n) is 15.6. The number of hydrogen-bond donors (Lipinski definition) is 0. The van der Waals surface area contributed by atoms with Crippen molar-refractivity contribution >= 4 is 11.8 Å². The molecule has 0 spiro atoms. The van der Waals surface area contributed by atoms with Crippen LogP contribution in [0.25, 0.3) is 0 Å². The highest BCUT2D eigenvalue weighted by atomic mass is 16.2. The van der Waals surface area contributed by atoms with E-state index >= 15 is 0 Å². The van der Waals surface area contributed by atoms with Crippen molar-refractivity contribution < 1.29 is 9.59 Å². The molecule has 2 rings (SSSR count). The van der Waals surface area contributed by atoms with Crippen molar-refractivity contribution in [1.29, 1.82) is 0 Å². The molecule has 5 nitrogen and oxygen atoms in total. The molecule has 0 aliphatic carbocycles. The number of pyridine rings is 1. The summed E-state index contributed by atoms with van der Waals surface area (Å²) in [5, 5.41) is 0. The van der Waals surface area contributed by atoms with Gasteiger partial charge in [-0.1, -0.05) is 68.4 Å². The second-order valence-corrected chi connectivity index (χ2v) is 16.3. The van der Waals surface area contributed by atoms with Crippen LogP contribution in [0.15, 0.2) is 30.3 Å². The Morgan fingerprint density at radius 3 is 1.76 bits per heavy atom. The van der Waals surface area contributed by atoms with Gasteiger partial charge in [0.1, 0.15) is 5.69 Å². The molecule has 0 fully saturated rings. The van der Waals surface area contributed by atoms with Crippen molar-refractivity contribution in [3.05, 3.63) is 64.0 Å². The van der Waals surface area contributed by atoms with Crippen LogP contribution in [0.5, 0.6) is 0 Å². The molecule has 0 saturated heterocycles. The smallest absolute Gasteiger partial charge is 0.272 e. The molecule has 0 bridgehead atoms. The number of rotatable bonds is 8. The molecule has 1 heterocycles. The molecule has 2 aromatic rings. The zero-order valence-corrected chi connectivity index (χ0v) is 29.6. The van der Waals surface area contributed by atoms with Crippen molar-refractivity contribution in [2.24, 2.45) is 0 Å². The van der Waals surface area contributed by atoms with Crippen LogP contribution in [0.4, 0.5) is 0 Å². The zero-order chi connectivity index (χ0) is 32.6. The predicted octanol–water partition coefficient (Wildman–Crippen LogP) is 9.11. The minimum atomic E-state index is -0.379. The number of hydrogen-bond acceptors (Lipinski definition) is 3. The van der Waals surface area contributed by atoms with Crippen LogP contribution >= 0.6 is 0 Å². The monoisotopic (exact) mass is 577 g/mol. The van der Waals surface area contributed by atoms with Crippen LogP contribution in [-0.2, 0) is 10.8 Å². The van der Waals surface area contributed by atoms with Crippen molar-refractivity contribution in [2.75, 3.05) is 14.1 Å². The van der Waals surface area contributed by atoms with Gasteiger partial charge >= 0.3 is 0 Å². The van der Waals surface area contributed by atoms with Crippen LogP contribution < -0.4 is 0 Å². The Morgan fingerprint density at radius 1 is 0.714 bits per heavy atom. The second-order valence-electron chi connectivity index (χ2n) is 16.3. The molecule has 1 atom stereocenters. The maximum absolute atomic E-state index is 13.8. The number of nitrogens with zero attached hydrogens (tertiary/aromatic N) is 3. The number of carbonyl (C=O) groups excluding carboxylic acids is 2. The molecule has 0 N–H and O–H groups in total. The van der Waals surface area contributed by atoms with Crippen LogP contribution in [0, 0.1) is 0 Å². The van der Waals surface area contributed by atoms with Gasteiger partial charge in [-0.05, 0) is 106 Å². The van der Waals surface area contributed by atoms with Gasteiger partial charge in [0.25, 0.3) is 11.8 Å². The van der Waals surface area contributed by atoms with E-state index in [9.17, 15) is 9.59 Å². The Balaban J connectivity index is 2.35. The lowest BCUT2D eigenvalue weighted by Crippen LogP contribution is -2.45. The average Bonchev–Trinajstić information content (AvgIpc) is 2.87. The number of carbonyl (C=O) groups is 2. The molecule has 0 saturated carbocycles. The molecule has 234 valence electrons.